The molecule has 0 radical (unpaired) electrons. The predicted molar refractivity (Wildman–Crippen MR) is 98.0 cm³/mol. The molecule has 3 heterocycles. The molecule has 1 N–H and O–H groups in total. The van der Waals surface area contributed by atoms with Crippen LogP contribution in [0, 0.1) is 13.8 Å². The third-order valence-corrected chi connectivity index (χ3v) is 4.02. The molecular weight excluding hydrogens is 371 g/mol. The van der Waals surface area contributed by atoms with E-state index in [0.29, 0.717) is 11.6 Å². The standard InChI is InChI=1S/C19H18F3N5O/c1-12-13(2)26-17(14-5-3-7-23-11-14)27-16(12)24-9-10-28-18-15(19(20,21)22)6-4-8-25-18/h3-8,11H,9-10H2,1-2H3,(H,24,26,27). The molecule has 0 amide bonds. The van der Waals surface area contributed by atoms with E-state index in [1.54, 1.807) is 18.5 Å². The molecule has 9 heteroatoms. The van der Waals surface area contributed by atoms with E-state index in [0.717, 1.165) is 22.9 Å². The third kappa shape index (κ3) is 4.54. The molecule has 3 aromatic heterocycles. The van der Waals surface area contributed by atoms with Gasteiger partial charge in [-0.15, -0.1) is 0 Å². The fourth-order valence-corrected chi connectivity index (χ4v) is 2.46. The molecule has 146 valence electrons. The first-order valence-electron chi connectivity index (χ1n) is 8.51. The van der Waals surface area contributed by atoms with Crippen molar-refractivity contribution in [2.45, 2.75) is 20.0 Å². The minimum absolute atomic E-state index is 0.00912. The quantitative estimate of drug-likeness (QED) is 0.641. The van der Waals surface area contributed by atoms with Crippen molar-refractivity contribution in [2.75, 3.05) is 18.5 Å². The van der Waals surface area contributed by atoms with E-state index in [9.17, 15) is 13.2 Å². The highest BCUT2D eigenvalue weighted by atomic mass is 19.4. The van der Waals surface area contributed by atoms with Crippen molar-refractivity contribution in [2.24, 2.45) is 0 Å². The van der Waals surface area contributed by atoms with Gasteiger partial charge < -0.3 is 10.1 Å². The van der Waals surface area contributed by atoms with Crippen LogP contribution >= 0.6 is 0 Å². The first-order valence-corrected chi connectivity index (χ1v) is 8.51. The lowest BCUT2D eigenvalue weighted by Crippen LogP contribution is -2.17. The van der Waals surface area contributed by atoms with Gasteiger partial charge in [0.05, 0.1) is 6.54 Å². The average molecular weight is 389 g/mol. The first-order chi connectivity index (χ1) is 13.4. The Balaban J connectivity index is 1.68. The molecule has 3 rings (SSSR count). The molecule has 0 saturated carbocycles. The molecule has 0 aliphatic carbocycles. The normalized spacial score (nSPS) is 11.3. The summed E-state index contributed by atoms with van der Waals surface area (Å²) in [5.74, 6) is 0.666. The van der Waals surface area contributed by atoms with Crippen LogP contribution in [0.25, 0.3) is 11.4 Å². The van der Waals surface area contributed by atoms with Crippen molar-refractivity contribution in [1.82, 2.24) is 19.9 Å². The lowest BCUT2D eigenvalue weighted by Gasteiger charge is -2.14. The lowest BCUT2D eigenvalue weighted by atomic mass is 10.2. The number of aromatic nitrogens is 4. The number of alkyl halides is 3. The van der Waals surface area contributed by atoms with Crippen LogP contribution < -0.4 is 10.1 Å². The monoisotopic (exact) mass is 389 g/mol. The molecule has 0 fully saturated rings. The average Bonchev–Trinajstić information content (AvgIpc) is 2.68. The van der Waals surface area contributed by atoms with Crippen LogP contribution in [0.1, 0.15) is 16.8 Å². The van der Waals surface area contributed by atoms with Gasteiger partial charge in [-0.05, 0) is 38.1 Å². The summed E-state index contributed by atoms with van der Waals surface area (Å²) in [6, 6.07) is 5.80. The fraction of sp³-hybridized carbons (Fsp3) is 0.263. The van der Waals surface area contributed by atoms with Crippen LogP contribution in [0.5, 0.6) is 5.88 Å². The minimum atomic E-state index is -4.52. The predicted octanol–water partition coefficient (Wildman–Crippen LogP) is 4.06. The van der Waals surface area contributed by atoms with Crippen LogP contribution in [0.4, 0.5) is 19.0 Å². The Morgan fingerprint density at radius 3 is 2.57 bits per heavy atom. The molecule has 0 spiro atoms. The molecule has 0 aliphatic heterocycles. The highest BCUT2D eigenvalue weighted by Gasteiger charge is 2.34. The number of nitrogens with one attached hydrogen (secondary N) is 1. The molecular formula is C19H18F3N5O. The second-order valence-corrected chi connectivity index (χ2v) is 5.98. The molecule has 28 heavy (non-hydrogen) atoms. The van der Waals surface area contributed by atoms with Crippen LogP contribution in [0.15, 0.2) is 42.9 Å². The molecule has 3 aromatic rings. The molecule has 0 bridgehead atoms. The van der Waals surface area contributed by atoms with Crippen molar-refractivity contribution in [3.63, 3.8) is 0 Å². The number of pyridine rings is 2. The number of nitrogens with zero attached hydrogens (tertiary/aromatic N) is 4. The fourth-order valence-electron chi connectivity index (χ4n) is 2.46. The van der Waals surface area contributed by atoms with Gasteiger partial charge in [0, 0.05) is 35.4 Å². The van der Waals surface area contributed by atoms with E-state index in [2.05, 4.69) is 25.3 Å². The van der Waals surface area contributed by atoms with Crippen molar-refractivity contribution in [3.05, 3.63) is 59.7 Å². The summed E-state index contributed by atoms with van der Waals surface area (Å²) in [5, 5.41) is 3.09. The number of hydrogen-bond acceptors (Lipinski definition) is 6. The van der Waals surface area contributed by atoms with Crippen LogP contribution in [-0.2, 0) is 6.18 Å². The van der Waals surface area contributed by atoms with Crippen LogP contribution in [0.2, 0.25) is 0 Å². The van der Waals surface area contributed by atoms with E-state index >= 15 is 0 Å². The van der Waals surface area contributed by atoms with Gasteiger partial charge in [0.15, 0.2) is 5.82 Å². The third-order valence-electron chi connectivity index (χ3n) is 4.02. The van der Waals surface area contributed by atoms with E-state index in [4.69, 9.17) is 4.74 Å². The Bertz CT molecular complexity index is 948. The summed E-state index contributed by atoms with van der Waals surface area (Å²) >= 11 is 0. The van der Waals surface area contributed by atoms with Gasteiger partial charge in [-0.25, -0.2) is 15.0 Å². The van der Waals surface area contributed by atoms with Crippen LogP contribution in [0.3, 0.4) is 0 Å². The molecule has 0 unspecified atom stereocenters. The van der Waals surface area contributed by atoms with Gasteiger partial charge >= 0.3 is 6.18 Å². The summed E-state index contributed by atoms with van der Waals surface area (Å²) in [7, 11) is 0. The topological polar surface area (TPSA) is 72.8 Å². The Morgan fingerprint density at radius 1 is 1.07 bits per heavy atom. The van der Waals surface area contributed by atoms with Crippen molar-refractivity contribution >= 4 is 5.82 Å². The lowest BCUT2D eigenvalue weighted by molar-refractivity contribution is -0.139. The highest BCUT2D eigenvalue weighted by Crippen LogP contribution is 2.34. The van der Waals surface area contributed by atoms with E-state index in [1.165, 1.54) is 12.3 Å². The van der Waals surface area contributed by atoms with Crippen LogP contribution in [-0.4, -0.2) is 33.1 Å². The van der Waals surface area contributed by atoms with Gasteiger partial charge in [0.25, 0.3) is 0 Å². The van der Waals surface area contributed by atoms with E-state index < -0.39 is 17.6 Å². The maximum atomic E-state index is 13.0. The zero-order chi connectivity index (χ0) is 20.1. The SMILES string of the molecule is Cc1nc(-c2cccnc2)nc(NCCOc2ncccc2C(F)(F)F)c1C. The maximum absolute atomic E-state index is 13.0. The summed E-state index contributed by atoms with van der Waals surface area (Å²) in [6.45, 7) is 3.97. The summed E-state index contributed by atoms with van der Waals surface area (Å²) in [6.07, 6.45) is 0.0662. The molecule has 0 aromatic carbocycles. The van der Waals surface area contributed by atoms with E-state index in [1.807, 2.05) is 19.9 Å². The smallest absolute Gasteiger partial charge is 0.421 e. The first kappa shape index (κ1) is 19.5. The van der Waals surface area contributed by atoms with E-state index in [-0.39, 0.29) is 13.2 Å². The number of ether oxygens (including phenoxy) is 1. The van der Waals surface area contributed by atoms with Crippen molar-refractivity contribution in [1.29, 1.82) is 0 Å². The zero-order valence-corrected chi connectivity index (χ0v) is 15.3. The number of anilines is 1. The maximum Gasteiger partial charge on any atom is 0.421 e. The zero-order valence-electron chi connectivity index (χ0n) is 15.3. The number of aryl methyl sites for hydroxylation is 1. The largest absolute Gasteiger partial charge is 0.475 e. The Hall–Kier alpha value is -3.23. The summed E-state index contributed by atoms with van der Waals surface area (Å²) in [4.78, 5) is 16.7. The number of hydrogen-bond donors (Lipinski definition) is 1. The van der Waals surface area contributed by atoms with Gasteiger partial charge in [-0.1, -0.05) is 0 Å². The second-order valence-electron chi connectivity index (χ2n) is 5.98. The Morgan fingerprint density at radius 2 is 1.86 bits per heavy atom. The molecule has 0 aliphatic rings. The highest BCUT2D eigenvalue weighted by molar-refractivity contribution is 5.58. The number of halogens is 3. The summed E-state index contributed by atoms with van der Waals surface area (Å²) < 4.78 is 44.1. The van der Waals surface area contributed by atoms with Crippen molar-refractivity contribution in [3.8, 4) is 17.3 Å². The van der Waals surface area contributed by atoms with Gasteiger partial charge in [-0.3, -0.25) is 4.98 Å². The van der Waals surface area contributed by atoms with Gasteiger partial charge in [0.2, 0.25) is 5.88 Å². The van der Waals surface area contributed by atoms with Crippen molar-refractivity contribution < 1.29 is 17.9 Å². The Labute approximate surface area is 159 Å². The second kappa shape index (κ2) is 8.20. The molecule has 0 atom stereocenters. The minimum Gasteiger partial charge on any atom is -0.475 e. The number of rotatable bonds is 6. The van der Waals surface area contributed by atoms with Gasteiger partial charge in [0.1, 0.15) is 18.0 Å². The summed E-state index contributed by atoms with van der Waals surface area (Å²) in [5.41, 5.74) is 1.51. The molecule has 6 nitrogen and oxygen atoms in total. The Kier molecular flexibility index (Phi) is 5.72. The molecule has 0 saturated heterocycles. The van der Waals surface area contributed by atoms with Gasteiger partial charge in [-0.2, -0.15) is 13.2 Å².